The molecule has 2 heterocycles. The second-order valence-corrected chi connectivity index (χ2v) is 6.53. The van der Waals surface area contributed by atoms with Gasteiger partial charge in [-0.15, -0.1) is 0 Å². The predicted molar refractivity (Wildman–Crippen MR) is 98.4 cm³/mol. The van der Waals surface area contributed by atoms with E-state index >= 15 is 0 Å². The van der Waals surface area contributed by atoms with Crippen molar-refractivity contribution in [2.75, 3.05) is 19.8 Å². The number of carbonyl (C=O) groups excluding carboxylic acids is 1. The Bertz CT molecular complexity index is 698. The van der Waals surface area contributed by atoms with E-state index in [1.54, 1.807) is 6.20 Å². The number of nitrogens with one attached hydrogen (secondary N) is 1. The number of aromatic nitrogens is 1. The van der Waals surface area contributed by atoms with Crippen molar-refractivity contribution in [1.29, 1.82) is 0 Å². The van der Waals surface area contributed by atoms with Crippen LogP contribution in [0.3, 0.4) is 0 Å². The molecule has 6 nitrogen and oxygen atoms in total. The Kier molecular flexibility index (Phi) is 6.20. The minimum Gasteiger partial charge on any atom is -0.487 e. The minimum atomic E-state index is -0.496. The highest BCUT2D eigenvalue weighted by Gasteiger charge is 2.38. The van der Waals surface area contributed by atoms with Gasteiger partial charge in [0.15, 0.2) is 0 Å². The van der Waals surface area contributed by atoms with Crippen LogP contribution < -0.4 is 15.8 Å². The number of nitrogens with two attached hydrogens (primary N) is 1. The maximum atomic E-state index is 12.6. The molecule has 1 saturated heterocycles. The number of hydrogen-bond donors (Lipinski definition) is 2. The number of benzene rings is 1. The van der Waals surface area contributed by atoms with Gasteiger partial charge in [0.2, 0.25) is 5.91 Å². The summed E-state index contributed by atoms with van der Waals surface area (Å²) in [7, 11) is 0. The average Bonchev–Trinajstić information content (AvgIpc) is 2.72. The number of ether oxygens (including phenoxy) is 2. The van der Waals surface area contributed by atoms with Crippen LogP contribution in [-0.2, 0) is 22.7 Å². The highest BCUT2D eigenvalue weighted by atomic mass is 16.5. The van der Waals surface area contributed by atoms with Gasteiger partial charge in [-0.25, -0.2) is 0 Å². The molecular weight excluding hydrogens is 330 g/mol. The highest BCUT2D eigenvalue weighted by Crippen LogP contribution is 2.29. The lowest BCUT2D eigenvalue weighted by Gasteiger charge is -2.34. The van der Waals surface area contributed by atoms with Crippen LogP contribution in [0.25, 0.3) is 0 Å². The lowest BCUT2D eigenvalue weighted by Crippen LogP contribution is -2.48. The van der Waals surface area contributed by atoms with Gasteiger partial charge in [0.05, 0.1) is 11.1 Å². The number of pyridine rings is 1. The van der Waals surface area contributed by atoms with Crippen molar-refractivity contribution in [3.05, 3.63) is 59.9 Å². The van der Waals surface area contributed by atoms with Gasteiger partial charge in [0, 0.05) is 32.5 Å². The van der Waals surface area contributed by atoms with Gasteiger partial charge in [-0.1, -0.05) is 18.2 Å². The van der Waals surface area contributed by atoms with Gasteiger partial charge in [0.25, 0.3) is 0 Å². The summed E-state index contributed by atoms with van der Waals surface area (Å²) in [6.45, 7) is 2.43. The van der Waals surface area contributed by atoms with Crippen LogP contribution in [0.1, 0.15) is 24.1 Å². The van der Waals surface area contributed by atoms with Gasteiger partial charge in [-0.05, 0) is 42.7 Å². The van der Waals surface area contributed by atoms with Gasteiger partial charge in [-0.3, -0.25) is 9.78 Å². The molecule has 0 unspecified atom stereocenters. The summed E-state index contributed by atoms with van der Waals surface area (Å²) in [5.74, 6) is 0.785. The summed E-state index contributed by atoms with van der Waals surface area (Å²) < 4.78 is 11.1. The van der Waals surface area contributed by atoms with Crippen molar-refractivity contribution in [3.63, 3.8) is 0 Å². The molecule has 0 bridgehead atoms. The maximum absolute atomic E-state index is 12.6. The number of hydrogen-bond acceptors (Lipinski definition) is 5. The van der Waals surface area contributed by atoms with E-state index in [0.717, 1.165) is 17.0 Å². The minimum absolute atomic E-state index is 0.0128. The first-order valence-corrected chi connectivity index (χ1v) is 8.90. The quantitative estimate of drug-likeness (QED) is 0.794. The zero-order valence-corrected chi connectivity index (χ0v) is 14.8. The van der Waals surface area contributed by atoms with E-state index in [9.17, 15) is 4.79 Å². The number of carbonyl (C=O) groups is 1. The summed E-state index contributed by atoms with van der Waals surface area (Å²) >= 11 is 0. The lowest BCUT2D eigenvalue weighted by atomic mass is 9.79. The third kappa shape index (κ3) is 4.59. The van der Waals surface area contributed by atoms with E-state index in [2.05, 4.69) is 10.3 Å². The van der Waals surface area contributed by atoms with Gasteiger partial charge in [-0.2, -0.15) is 0 Å². The summed E-state index contributed by atoms with van der Waals surface area (Å²) in [5, 5.41) is 3.01. The first-order chi connectivity index (χ1) is 12.7. The van der Waals surface area contributed by atoms with Crippen molar-refractivity contribution in [2.24, 2.45) is 11.1 Å². The molecule has 0 radical (unpaired) electrons. The summed E-state index contributed by atoms with van der Waals surface area (Å²) in [4.78, 5) is 16.8. The third-order valence-electron chi connectivity index (χ3n) is 4.81. The summed E-state index contributed by atoms with van der Waals surface area (Å²) in [6.07, 6.45) is 3.10. The Labute approximate surface area is 153 Å². The molecule has 0 aliphatic carbocycles. The molecule has 0 atom stereocenters. The molecule has 3 rings (SSSR count). The Morgan fingerprint density at radius 1 is 1.19 bits per heavy atom. The van der Waals surface area contributed by atoms with Crippen LogP contribution in [0.2, 0.25) is 0 Å². The Balaban J connectivity index is 1.50. The molecule has 138 valence electrons. The Hall–Kier alpha value is -2.44. The largest absolute Gasteiger partial charge is 0.487 e. The number of amides is 1. The van der Waals surface area contributed by atoms with Crippen molar-refractivity contribution in [2.45, 2.75) is 26.0 Å². The van der Waals surface area contributed by atoms with Crippen molar-refractivity contribution in [3.8, 4) is 5.75 Å². The standard InChI is InChI=1S/C20H25N3O3/c21-15-20(8-11-25-12-9-20)19(24)23-13-16-4-6-18(7-5-16)26-14-17-3-1-2-10-22-17/h1-7,10H,8-9,11-15,21H2,(H,23,24). The molecule has 3 N–H and O–H groups in total. The molecule has 1 fully saturated rings. The molecule has 1 amide bonds. The van der Waals surface area contributed by atoms with E-state index in [1.165, 1.54) is 0 Å². The molecule has 2 aromatic rings. The van der Waals surface area contributed by atoms with E-state index in [-0.39, 0.29) is 5.91 Å². The van der Waals surface area contributed by atoms with Gasteiger partial charge < -0.3 is 20.5 Å². The van der Waals surface area contributed by atoms with Crippen molar-refractivity contribution in [1.82, 2.24) is 10.3 Å². The summed E-state index contributed by atoms with van der Waals surface area (Å²) in [6, 6.07) is 13.4. The Morgan fingerprint density at radius 3 is 2.62 bits per heavy atom. The van der Waals surface area contributed by atoms with Crippen LogP contribution in [0.5, 0.6) is 5.75 Å². The van der Waals surface area contributed by atoms with Gasteiger partial charge >= 0.3 is 0 Å². The van der Waals surface area contributed by atoms with E-state index < -0.39 is 5.41 Å². The monoisotopic (exact) mass is 355 g/mol. The molecule has 1 aromatic carbocycles. The lowest BCUT2D eigenvalue weighted by molar-refractivity contribution is -0.136. The molecule has 26 heavy (non-hydrogen) atoms. The topological polar surface area (TPSA) is 86.5 Å². The van der Waals surface area contributed by atoms with Crippen molar-refractivity contribution >= 4 is 5.91 Å². The highest BCUT2D eigenvalue weighted by molar-refractivity contribution is 5.83. The zero-order chi connectivity index (χ0) is 18.2. The van der Waals surface area contributed by atoms with Gasteiger partial charge in [0.1, 0.15) is 12.4 Å². The molecule has 6 heteroatoms. The second kappa shape index (κ2) is 8.78. The predicted octanol–water partition coefficient (Wildman–Crippen LogP) is 2.03. The van der Waals surface area contributed by atoms with E-state index in [4.69, 9.17) is 15.2 Å². The fourth-order valence-electron chi connectivity index (χ4n) is 3.00. The molecule has 0 spiro atoms. The average molecular weight is 355 g/mol. The van der Waals surface area contributed by atoms with Crippen LogP contribution in [0.4, 0.5) is 0 Å². The second-order valence-electron chi connectivity index (χ2n) is 6.53. The smallest absolute Gasteiger partial charge is 0.227 e. The summed E-state index contributed by atoms with van der Waals surface area (Å²) in [5.41, 5.74) is 7.27. The first-order valence-electron chi connectivity index (χ1n) is 8.90. The molecule has 1 aliphatic heterocycles. The fourth-order valence-corrected chi connectivity index (χ4v) is 3.00. The number of rotatable bonds is 7. The van der Waals surface area contributed by atoms with E-state index in [1.807, 2.05) is 42.5 Å². The Morgan fingerprint density at radius 2 is 1.96 bits per heavy atom. The van der Waals surface area contributed by atoms with Crippen LogP contribution in [0.15, 0.2) is 48.7 Å². The fraction of sp³-hybridized carbons (Fsp3) is 0.400. The van der Waals surface area contributed by atoms with E-state index in [0.29, 0.717) is 45.8 Å². The third-order valence-corrected chi connectivity index (χ3v) is 4.81. The van der Waals surface area contributed by atoms with Crippen LogP contribution in [0, 0.1) is 5.41 Å². The van der Waals surface area contributed by atoms with Crippen molar-refractivity contribution < 1.29 is 14.3 Å². The van der Waals surface area contributed by atoms with Crippen LogP contribution >= 0.6 is 0 Å². The molecular formula is C20H25N3O3. The molecule has 1 aromatic heterocycles. The first kappa shape index (κ1) is 18.4. The normalized spacial score (nSPS) is 16.0. The molecule has 1 aliphatic rings. The SMILES string of the molecule is NCC1(C(=O)NCc2ccc(OCc3ccccn3)cc2)CCOCC1. The maximum Gasteiger partial charge on any atom is 0.227 e. The molecule has 0 saturated carbocycles. The zero-order valence-electron chi connectivity index (χ0n) is 14.8. The van der Waals surface area contributed by atoms with Crippen LogP contribution in [-0.4, -0.2) is 30.6 Å². The number of nitrogens with zero attached hydrogens (tertiary/aromatic N) is 1.